The van der Waals surface area contributed by atoms with Gasteiger partial charge >= 0.3 is 11.9 Å². The first-order valence-electron chi connectivity index (χ1n) is 6.78. The Morgan fingerprint density at radius 1 is 1.33 bits per heavy atom. The van der Waals surface area contributed by atoms with Gasteiger partial charge in [0.05, 0.1) is 0 Å². The van der Waals surface area contributed by atoms with Crippen molar-refractivity contribution in [2.45, 2.75) is 32.5 Å². The third-order valence-corrected chi connectivity index (χ3v) is 3.48. The lowest BCUT2D eigenvalue weighted by atomic mass is 9.94. The Bertz CT molecular complexity index is 586. The summed E-state index contributed by atoms with van der Waals surface area (Å²) in [5.74, 6) is -0.747. The fourth-order valence-corrected chi connectivity index (χ4v) is 2.02. The molecule has 1 aliphatic rings. The van der Waals surface area contributed by atoms with Crippen LogP contribution in [0.4, 0.5) is 0 Å². The third kappa shape index (κ3) is 4.05. The van der Waals surface area contributed by atoms with E-state index >= 15 is 0 Å². The minimum Gasteiger partial charge on any atom is -0.458 e. The number of ether oxygens (including phenoxy) is 2. The fourth-order valence-electron chi connectivity index (χ4n) is 2.02. The van der Waals surface area contributed by atoms with Gasteiger partial charge < -0.3 is 9.47 Å². The normalized spacial score (nSPS) is 21.2. The maximum atomic E-state index is 11.6. The Morgan fingerprint density at radius 2 is 2.05 bits per heavy atom. The molecule has 0 bridgehead atoms. The Balaban J connectivity index is 1.81. The lowest BCUT2D eigenvalue weighted by molar-refractivity contribution is -0.144. The molecule has 0 radical (unpaired) electrons. The van der Waals surface area contributed by atoms with Gasteiger partial charge in [0.25, 0.3) is 0 Å². The van der Waals surface area contributed by atoms with Gasteiger partial charge in [0.1, 0.15) is 12.2 Å². The van der Waals surface area contributed by atoms with Crippen molar-refractivity contribution < 1.29 is 19.1 Å². The van der Waals surface area contributed by atoms with Crippen LogP contribution < -0.4 is 0 Å². The van der Waals surface area contributed by atoms with Gasteiger partial charge in [-0.25, -0.2) is 9.59 Å². The van der Waals surface area contributed by atoms with Crippen LogP contribution in [0, 0.1) is 0 Å². The summed E-state index contributed by atoms with van der Waals surface area (Å²) in [7, 11) is 0. The topological polar surface area (TPSA) is 52.6 Å². The van der Waals surface area contributed by atoms with Crippen LogP contribution in [0.2, 0.25) is 0 Å². The molecule has 0 saturated heterocycles. The lowest BCUT2D eigenvalue weighted by Gasteiger charge is -2.23. The molecule has 0 spiro atoms. The Kier molecular flexibility index (Phi) is 4.58. The largest absolute Gasteiger partial charge is 0.458 e. The van der Waals surface area contributed by atoms with E-state index in [-0.39, 0.29) is 12.6 Å². The van der Waals surface area contributed by atoms with Crippen LogP contribution in [0.15, 0.2) is 54.1 Å². The van der Waals surface area contributed by atoms with Crippen molar-refractivity contribution in [3.05, 3.63) is 59.7 Å². The van der Waals surface area contributed by atoms with Crippen LogP contribution in [0.5, 0.6) is 0 Å². The highest BCUT2D eigenvalue weighted by Gasteiger charge is 2.34. The molecular weight excluding hydrogens is 268 g/mol. The molecule has 1 aromatic carbocycles. The molecule has 2 rings (SSSR count). The van der Waals surface area contributed by atoms with E-state index in [2.05, 4.69) is 0 Å². The highest BCUT2D eigenvalue weighted by molar-refractivity contribution is 5.86. The monoisotopic (exact) mass is 286 g/mol. The number of hydrogen-bond donors (Lipinski definition) is 0. The van der Waals surface area contributed by atoms with E-state index in [0.29, 0.717) is 6.42 Å². The summed E-state index contributed by atoms with van der Waals surface area (Å²) in [6.07, 6.45) is 4.96. The van der Waals surface area contributed by atoms with Crippen LogP contribution in [0.3, 0.4) is 0 Å². The molecule has 1 aromatic rings. The molecule has 0 aliphatic carbocycles. The molecule has 0 N–H and O–H groups in total. The number of carbonyl (C=O) groups is 2. The average molecular weight is 286 g/mol. The van der Waals surface area contributed by atoms with Crippen molar-refractivity contribution in [3.63, 3.8) is 0 Å². The van der Waals surface area contributed by atoms with E-state index in [4.69, 9.17) is 9.47 Å². The molecule has 0 fully saturated rings. The second-order valence-corrected chi connectivity index (χ2v) is 5.18. The number of esters is 2. The van der Waals surface area contributed by atoms with Gasteiger partial charge in [0.15, 0.2) is 0 Å². The van der Waals surface area contributed by atoms with E-state index in [1.165, 1.54) is 12.2 Å². The van der Waals surface area contributed by atoms with Gasteiger partial charge in [-0.3, -0.25) is 0 Å². The van der Waals surface area contributed by atoms with Crippen molar-refractivity contribution >= 4 is 11.9 Å². The molecule has 110 valence electrons. The minimum atomic E-state index is -0.659. The Hall–Kier alpha value is -2.36. The Morgan fingerprint density at radius 3 is 2.67 bits per heavy atom. The number of cyclic esters (lactones) is 1. The first kappa shape index (κ1) is 15.0. The summed E-state index contributed by atoms with van der Waals surface area (Å²) in [6, 6.07) is 9.48. The summed E-state index contributed by atoms with van der Waals surface area (Å²) < 4.78 is 10.4. The number of carbonyl (C=O) groups excluding carboxylic acids is 2. The SMILES string of the molecule is CC1=CC(=O)O[C@@]1(C)C/C=C/C(=O)OCc1ccccc1. The predicted molar refractivity (Wildman–Crippen MR) is 78.2 cm³/mol. The highest BCUT2D eigenvalue weighted by Crippen LogP contribution is 2.30. The van der Waals surface area contributed by atoms with E-state index in [0.717, 1.165) is 11.1 Å². The molecule has 4 heteroatoms. The molecule has 1 atom stereocenters. The smallest absolute Gasteiger partial charge is 0.331 e. The second-order valence-electron chi connectivity index (χ2n) is 5.18. The second kappa shape index (κ2) is 6.39. The molecule has 0 aromatic heterocycles. The zero-order chi connectivity index (χ0) is 15.3. The molecular formula is C17H18O4. The van der Waals surface area contributed by atoms with Crippen LogP contribution in [-0.4, -0.2) is 17.5 Å². The van der Waals surface area contributed by atoms with Crippen molar-refractivity contribution in [2.24, 2.45) is 0 Å². The maximum Gasteiger partial charge on any atom is 0.331 e. The minimum absolute atomic E-state index is 0.245. The van der Waals surface area contributed by atoms with Gasteiger partial charge in [-0.1, -0.05) is 36.4 Å². The zero-order valence-electron chi connectivity index (χ0n) is 12.2. The van der Waals surface area contributed by atoms with E-state index in [9.17, 15) is 9.59 Å². The number of benzene rings is 1. The van der Waals surface area contributed by atoms with Crippen molar-refractivity contribution in [2.75, 3.05) is 0 Å². The molecule has 1 heterocycles. The summed E-state index contributed by atoms with van der Waals surface area (Å²) >= 11 is 0. The van der Waals surface area contributed by atoms with Crippen LogP contribution in [-0.2, 0) is 25.7 Å². The van der Waals surface area contributed by atoms with Crippen molar-refractivity contribution in [3.8, 4) is 0 Å². The van der Waals surface area contributed by atoms with Crippen LogP contribution in [0.25, 0.3) is 0 Å². The summed E-state index contributed by atoms with van der Waals surface area (Å²) in [4.78, 5) is 22.8. The van der Waals surface area contributed by atoms with Gasteiger partial charge in [0, 0.05) is 18.6 Å². The lowest BCUT2D eigenvalue weighted by Crippen LogP contribution is -2.26. The van der Waals surface area contributed by atoms with Gasteiger partial charge in [-0.2, -0.15) is 0 Å². The summed E-state index contributed by atoms with van der Waals surface area (Å²) in [5.41, 5.74) is 1.14. The highest BCUT2D eigenvalue weighted by atomic mass is 16.6. The predicted octanol–water partition coefficient (Wildman–Crippen LogP) is 2.94. The quantitative estimate of drug-likeness (QED) is 0.617. The first-order chi connectivity index (χ1) is 9.99. The number of hydrogen-bond acceptors (Lipinski definition) is 4. The van der Waals surface area contributed by atoms with Crippen molar-refractivity contribution in [1.29, 1.82) is 0 Å². The van der Waals surface area contributed by atoms with Crippen molar-refractivity contribution in [1.82, 2.24) is 0 Å². The van der Waals surface area contributed by atoms with E-state index < -0.39 is 11.6 Å². The molecule has 4 nitrogen and oxygen atoms in total. The fraction of sp³-hybridized carbons (Fsp3) is 0.294. The standard InChI is InChI=1S/C17H18O4/c1-13-11-16(19)21-17(13,2)10-6-9-15(18)20-12-14-7-4-3-5-8-14/h3-9,11H,10,12H2,1-2H3/b9-6+/t17-/m0/s1. The summed E-state index contributed by atoms with van der Waals surface area (Å²) in [6.45, 7) is 3.91. The summed E-state index contributed by atoms with van der Waals surface area (Å²) in [5, 5.41) is 0. The molecule has 21 heavy (non-hydrogen) atoms. The maximum absolute atomic E-state index is 11.6. The Labute approximate surface area is 124 Å². The van der Waals surface area contributed by atoms with Crippen LogP contribution >= 0.6 is 0 Å². The van der Waals surface area contributed by atoms with Gasteiger partial charge in [-0.05, 0) is 25.0 Å². The molecule has 0 saturated carbocycles. The third-order valence-electron chi connectivity index (χ3n) is 3.48. The molecule has 0 unspecified atom stereocenters. The number of rotatable bonds is 5. The zero-order valence-corrected chi connectivity index (χ0v) is 12.2. The van der Waals surface area contributed by atoms with Crippen LogP contribution in [0.1, 0.15) is 25.8 Å². The van der Waals surface area contributed by atoms with E-state index in [1.807, 2.05) is 44.2 Å². The first-order valence-corrected chi connectivity index (χ1v) is 6.78. The molecule has 0 amide bonds. The van der Waals surface area contributed by atoms with Gasteiger partial charge in [-0.15, -0.1) is 0 Å². The van der Waals surface area contributed by atoms with E-state index in [1.54, 1.807) is 6.08 Å². The molecule has 1 aliphatic heterocycles. The average Bonchev–Trinajstić information content (AvgIpc) is 2.71. The van der Waals surface area contributed by atoms with Gasteiger partial charge in [0.2, 0.25) is 0 Å².